The van der Waals surface area contributed by atoms with E-state index < -0.39 is 11.6 Å². The van der Waals surface area contributed by atoms with Crippen molar-refractivity contribution in [3.63, 3.8) is 0 Å². The second-order valence-corrected chi connectivity index (χ2v) is 8.64. The molecule has 1 atom stereocenters. The Kier molecular flexibility index (Phi) is 4.01. The second kappa shape index (κ2) is 6.64. The Bertz CT molecular complexity index is 1470. The lowest BCUT2D eigenvalue weighted by molar-refractivity contribution is -0.172. The Labute approximate surface area is 188 Å². The average Bonchev–Trinajstić information content (AvgIpc) is 3.17. The number of aliphatic hydroxyl groups is 1. The molecule has 3 aliphatic heterocycles. The van der Waals surface area contributed by atoms with E-state index in [1.54, 1.807) is 23.6 Å². The van der Waals surface area contributed by atoms with Crippen LogP contribution in [0.1, 0.15) is 42.5 Å². The standard InChI is InChI=1S/C24H21N3O6/c1-3-24(31)15-8-18-20-13(9-27(18)22(29)14(15)10-33-23(24)30)12-6-7-32-21-17(25-11(2)28)5-4-16(26-20)19(12)21/h4-5,8,31H,3,6-7,9-10H2,1-2H3,(H,25,28). The number of carbonyl (C=O) groups excluding carboxylic acids is 2. The van der Waals surface area contributed by atoms with Crippen molar-refractivity contribution in [3.8, 4) is 17.1 Å². The van der Waals surface area contributed by atoms with Crippen LogP contribution in [0.25, 0.3) is 22.3 Å². The Morgan fingerprint density at radius 3 is 2.82 bits per heavy atom. The zero-order valence-corrected chi connectivity index (χ0v) is 18.2. The number of rotatable bonds is 2. The van der Waals surface area contributed by atoms with E-state index in [-0.39, 0.29) is 24.5 Å². The quantitative estimate of drug-likeness (QED) is 0.451. The van der Waals surface area contributed by atoms with E-state index in [0.717, 1.165) is 16.5 Å². The number of cyclic esters (lactones) is 1. The molecule has 9 heteroatoms. The summed E-state index contributed by atoms with van der Waals surface area (Å²) in [7, 11) is 0. The van der Waals surface area contributed by atoms with Crippen molar-refractivity contribution >= 4 is 28.5 Å². The molecule has 1 aromatic carbocycles. The molecule has 0 fully saturated rings. The Hall–Kier alpha value is -3.72. The van der Waals surface area contributed by atoms with Gasteiger partial charge in [0.2, 0.25) is 5.91 Å². The fourth-order valence-corrected chi connectivity index (χ4v) is 5.20. The van der Waals surface area contributed by atoms with Gasteiger partial charge >= 0.3 is 5.97 Å². The van der Waals surface area contributed by atoms with Crippen molar-refractivity contribution < 1.29 is 24.2 Å². The normalized spacial score (nSPS) is 19.9. The van der Waals surface area contributed by atoms with E-state index in [9.17, 15) is 19.5 Å². The molecule has 1 amide bonds. The number of nitrogens with one attached hydrogen (secondary N) is 1. The smallest absolute Gasteiger partial charge is 0.343 e. The fourth-order valence-electron chi connectivity index (χ4n) is 5.20. The summed E-state index contributed by atoms with van der Waals surface area (Å²) >= 11 is 0. The third-order valence-corrected chi connectivity index (χ3v) is 6.83. The van der Waals surface area contributed by atoms with Crippen LogP contribution in [0.15, 0.2) is 23.0 Å². The Morgan fingerprint density at radius 2 is 2.06 bits per heavy atom. The fraction of sp³-hybridized carbons (Fsp3) is 0.333. The molecule has 0 saturated carbocycles. The molecule has 9 nitrogen and oxygen atoms in total. The van der Waals surface area contributed by atoms with Gasteiger partial charge in [0.05, 0.1) is 41.3 Å². The first-order chi connectivity index (χ1) is 15.8. The molecule has 3 aromatic rings. The maximum Gasteiger partial charge on any atom is 0.343 e. The number of amides is 1. The van der Waals surface area contributed by atoms with Crippen molar-refractivity contribution in [3.05, 3.63) is 50.8 Å². The van der Waals surface area contributed by atoms with E-state index in [2.05, 4.69) is 5.32 Å². The predicted octanol–water partition coefficient (Wildman–Crippen LogP) is 1.97. The molecule has 0 saturated heterocycles. The summed E-state index contributed by atoms with van der Waals surface area (Å²) in [5.41, 5.74) is 2.91. The minimum atomic E-state index is -1.86. The van der Waals surface area contributed by atoms with E-state index in [1.165, 1.54) is 6.92 Å². The molecule has 2 N–H and O–H groups in total. The van der Waals surface area contributed by atoms with Crippen LogP contribution in [-0.4, -0.2) is 33.1 Å². The number of anilines is 1. The van der Waals surface area contributed by atoms with Crippen LogP contribution in [0, 0.1) is 0 Å². The molecule has 0 spiro atoms. The maximum atomic E-state index is 13.4. The van der Waals surface area contributed by atoms with Gasteiger partial charge in [0, 0.05) is 29.9 Å². The van der Waals surface area contributed by atoms with Crippen LogP contribution in [0.5, 0.6) is 5.75 Å². The third-order valence-electron chi connectivity index (χ3n) is 6.83. The van der Waals surface area contributed by atoms with Gasteiger partial charge < -0.3 is 24.5 Å². The minimum Gasteiger partial charge on any atom is -0.490 e. The molecule has 0 radical (unpaired) electrons. The van der Waals surface area contributed by atoms with Crippen LogP contribution in [0.2, 0.25) is 0 Å². The molecule has 0 aliphatic carbocycles. The first kappa shape index (κ1) is 19.9. The van der Waals surface area contributed by atoms with Gasteiger partial charge in [0.15, 0.2) is 11.4 Å². The lowest BCUT2D eigenvalue weighted by atomic mass is 9.86. The van der Waals surface area contributed by atoms with Crippen LogP contribution < -0.4 is 15.6 Å². The first-order valence-electron chi connectivity index (χ1n) is 10.9. The van der Waals surface area contributed by atoms with Gasteiger partial charge in [-0.25, -0.2) is 9.78 Å². The van der Waals surface area contributed by atoms with Crippen LogP contribution in [0.4, 0.5) is 5.69 Å². The predicted molar refractivity (Wildman–Crippen MR) is 118 cm³/mol. The highest BCUT2D eigenvalue weighted by molar-refractivity contribution is 6.01. The lowest BCUT2D eigenvalue weighted by Crippen LogP contribution is -2.44. The van der Waals surface area contributed by atoms with E-state index in [0.29, 0.717) is 59.0 Å². The van der Waals surface area contributed by atoms with Gasteiger partial charge in [-0.3, -0.25) is 9.59 Å². The maximum absolute atomic E-state index is 13.4. The van der Waals surface area contributed by atoms with Crippen molar-refractivity contribution in [2.24, 2.45) is 0 Å². The molecule has 168 valence electrons. The zero-order valence-electron chi connectivity index (χ0n) is 18.2. The van der Waals surface area contributed by atoms with Crippen molar-refractivity contribution in [1.82, 2.24) is 9.55 Å². The number of fused-ring (bicyclic) bond motifs is 5. The van der Waals surface area contributed by atoms with Gasteiger partial charge in [-0.05, 0) is 30.2 Å². The molecular weight excluding hydrogens is 426 g/mol. The highest BCUT2D eigenvalue weighted by atomic mass is 16.6. The molecular formula is C24H21N3O6. The SMILES string of the molecule is CCC1(O)C(=O)OCc2c1cc1n(c2=O)Cc2c-1nc1ccc(NC(C)=O)c3c1c2CCO3. The van der Waals surface area contributed by atoms with Gasteiger partial charge in [-0.1, -0.05) is 6.92 Å². The van der Waals surface area contributed by atoms with E-state index in [4.69, 9.17) is 14.5 Å². The number of aromatic nitrogens is 2. The summed E-state index contributed by atoms with van der Waals surface area (Å²) < 4.78 is 12.7. The van der Waals surface area contributed by atoms with Crippen LogP contribution in [0.3, 0.4) is 0 Å². The summed E-state index contributed by atoms with van der Waals surface area (Å²) in [6, 6.07) is 5.29. The van der Waals surface area contributed by atoms with Gasteiger partial charge in [0.25, 0.3) is 5.56 Å². The third kappa shape index (κ3) is 2.56. The largest absolute Gasteiger partial charge is 0.490 e. The molecule has 6 rings (SSSR count). The number of nitrogens with zero attached hydrogens (tertiary/aromatic N) is 2. The van der Waals surface area contributed by atoms with Gasteiger partial charge in [0.1, 0.15) is 6.61 Å². The van der Waals surface area contributed by atoms with E-state index >= 15 is 0 Å². The first-order valence-corrected chi connectivity index (χ1v) is 10.9. The highest BCUT2D eigenvalue weighted by Crippen LogP contribution is 2.45. The molecule has 3 aliphatic rings. The topological polar surface area (TPSA) is 120 Å². The van der Waals surface area contributed by atoms with Crippen molar-refractivity contribution in [1.29, 1.82) is 0 Å². The van der Waals surface area contributed by atoms with Crippen LogP contribution >= 0.6 is 0 Å². The van der Waals surface area contributed by atoms with E-state index in [1.807, 2.05) is 6.07 Å². The van der Waals surface area contributed by atoms with Crippen molar-refractivity contribution in [2.45, 2.75) is 45.4 Å². The Morgan fingerprint density at radius 1 is 1.24 bits per heavy atom. The number of pyridine rings is 2. The van der Waals surface area contributed by atoms with Crippen LogP contribution in [-0.2, 0) is 39.5 Å². The summed E-state index contributed by atoms with van der Waals surface area (Å²) in [4.78, 5) is 42.2. The Balaban J connectivity index is 1.62. The number of esters is 1. The van der Waals surface area contributed by atoms with Crippen molar-refractivity contribution in [2.75, 3.05) is 11.9 Å². The summed E-state index contributed by atoms with van der Waals surface area (Å²) in [5.74, 6) is -0.352. The second-order valence-electron chi connectivity index (χ2n) is 8.64. The summed E-state index contributed by atoms with van der Waals surface area (Å²) in [6.07, 6.45) is 0.735. The summed E-state index contributed by atoms with van der Waals surface area (Å²) in [6.45, 7) is 3.73. The number of hydrogen-bond donors (Lipinski definition) is 2. The molecule has 5 heterocycles. The minimum absolute atomic E-state index is 0.0948. The summed E-state index contributed by atoms with van der Waals surface area (Å²) in [5, 5.41) is 14.7. The van der Waals surface area contributed by atoms with Gasteiger partial charge in [-0.2, -0.15) is 0 Å². The molecule has 2 aromatic heterocycles. The lowest BCUT2D eigenvalue weighted by Gasteiger charge is -2.31. The number of carbonyl (C=O) groups is 2. The average molecular weight is 447 g/mol. The zero-order chi connectivity index (χ0) is 23.1. The number of hydrogen-bond acceptors (Lipinski definition) is 7. The monoisotopic (exact) mass is 447 g/mol. The molecule has 33 heavy (non-hydrogen) atoms. The highest BCUT2D eigenvalue weighted by Gasteiger charge is 2.45. The molecule has 1 unspecified atom stereocenters. The number of benzene rings is 1. The number of ether oxygens (including phenoxy) is 2. The molecule has 0 bridgehead atoms. The van der Waals surface area contributed by atoms with Gasteiger partial charge in [-0.15, -0.1) is 0 Å².